The molecule has 1 N–H and O–H groups in total. The molecule has 12 heavy (non-hydrogen) atoms. The Balaban J connectivity index is 2.89. The summed E-state index contributed by atoms with van der Waals surface area (Å²) in [5, 5.41) is 2.33. The van der Waals surface area contributed by atoms with Crippen LogP contribution >= 0.6 is 0 Å². The summed E-state index contributed by atoms with van der Waals surface area (Å²) in [7, 11) is 0. The van der Waals surface area contributed by atoms with Crippen molar-refractivity contribution in [2.24, 2.45) is 0 Å². The van der Waals surface area contributed by atoms with Crippen molar-refractivity contribution in [2.45, 2.75) is 6.92 Å². The number of anilines is 1. The van der Waals surface area contributed by atoms with Gasteiger partial charge in [-0.15, -0.1) is 0 Å². The van der Waals surface area contributed by atoms with E-state index in [1.807, 2.05) is 0 Å². The number of hydrogen-bond acceptors (Lipinski definition) is 1. The van der Waals surface area contributed by atoms with Gasteiger partial charge in [-0.2, -0.15) is 0 Å². The van der Waals surface area contributed by atoms with Crippen LogP contribution in [0.4, 0.5) is 14.5 Å². The standard InChI is InChI=1S/C8H7F2NO/c1-5(12)11-6-2-3-7(9)8(10)4-6/h2-4H,1H3,(H,11,12). The molecular formula is C8H7F2NO. The lowest BCUT2D eigenvalue weighted by molar-refractivity contribution is -0.114. The molecule has 0 aliphatic heterocycles. The van der Waals surface area contributed by atoms with Crippen molar-refractivity contribution in [3.05, 3.63) is 29.8 Å². The van der Waals surface area contributed by atoms with Gasteiger partial charge in [0.2, 0.25) is 5.91 Å². The first kappa shape index (κ1) is 8.64. The SMILES string of the molecule is CC(=O)Nc1ccc(F)c(F)c1. The topological polar surface area (TPSA) is 29.1 Å². The summed E-state index contributed by atoms with van der Waals surface area (Å²) < 4.78 is 24.9. The average Bonchev–Trinajstić information content (AvgIpc) is 1.96. The predicted molar refractivity (Wildman–Crippen MR) is 40.7 cm³/mol. The fraction of sp³-hybridized carbons (Fsp3) is 0.125. The van der Waals surface area contributed by atoms with Crippen molar-refractivity contribution in [1.29, 1.82) is 0 Å². The number of rotatable bonds is 1. The Morgan fingerprint density at radius 1 is 1.33 bits per heavy atom. The van der Waals surface area contributed by atoms with Crippen LogP contribution in [0.1, 0.15) is 6.92 Å². The van der Waals surface area contributed by atoms with E-state index in [1.54, 1.807) is 0 Å². The zero-order chi connectivity index (χ0) is 9.14. The van der Waals surface area contributed by atoms with Crippen molar-refractivity contribution in [3.63, 3.8) is 0 Å². The summed E-state index contributed by atoms with van der Waals surface area (Å²) in [6.45, 7) is 1.29. The van der Waals surface area contributed by atoms with E-state index in [-0.39, 0.29) is 11.6 Å². The largest absolute Gasteiger partial charge is 0.326 e. The smallest absolute Gasteiger partial charge is 0.221 e. The zero-order valence-electron chi connectivity index (χ0n) is 6.40. The third-order valence-electron chi connectivity index (χ3n) is 1.24. The molecule has 0 aliphatic rings. The third kappa shape index (κ3) is 2.02. The first-order valence-corrected chi connectivity index (χ1v) is 3.32. The molecule has 2 nitrogen and oxygen atoms in total. The monoisotopic (exact) mass is 171 g/mol. The van der Waals surface area contributed by atoms with Crippen LogP contribution in [0, 0.1) is 11.6 Å². The van der Waals surface area contributed by atoms with Crippen LogP contribution in [-0.2, 0) is 4.79 Å². The predicted octanol–water partition coefficient (Wildman–Crippen LogP) is 1.92. The highest BCUT2D eigenvalue weighted by molar-refractivity contribution is 5.88. The van der Waals surface area contributed by atoms with Gasteiger partial charge in [0, 0.05) is 18.7 Å². The lowest BCUT2D eigenvalue weighted by atomic mass is 10.3. The summed E-state index contributed by atoms with van der Waals surface area (Å²) in [6, 6.07) is 3.18. The summed E-state index contributed by atoms with van der Waals surface area (Å²) in [5.74, 6) is -2.22. The normalized spacial score (nSPS) is 9.58. The van der Waals surface area contributed by atoms with E-state index >= 15 is 0 Å². The molecule has 1 rings (SSSR count). The zero-order valence-corrected chi connectivity index (χ0v) is 6.40. The molecule has 1 aromatic carbocycles. The van der Waals surface area contributed by atoms with Crippen molar-refractivity contribution in [2.75, 3.05) is 5.32 Å². The van der Waals surface area contributed by atoms with Gasteiger partial charge >= 0.3 is 0 Å². The minimum Gasteiger partial charge on any atom is -0.326 e. The quantitative estimate of drug-likeness (QED) is 0.687. The fourth-order valence-corrected chi connectivity index (χ4v) is 0.777. The Bertz CT molecular complexity index is 312. The molecule has 1 amide bonds. The maximum atomic E-state index is 12.5. The molecule has 0 fully saturated rings. The van der Waals surface area contributed by atoms with E-state index in [0.717, 1.165) is 12.1 Å². The molecule has 0 heterocycles. The molecule has 4 heteroatoms. The van der Waals surface area contributed by atoms with Gasteiger partial charge in [-0.05, 0) is 12.1 Å². The highest BCUT2D eigenvalue weighted by atomic mass is 19.2. The number of amides is 1. The molecule has 0 atom stereocenters. The summed E-state index contributed by atoms with van der Waals surface area (Å²) in [6.07, 6.45) is 0. The van der Waals surface area contributed by atoms with Gasteiger partial charge in [-0.1, -0.05) is 0 Å². The molecule has 0 spiro atoms. The van der Waals surface area contributed by atoms with E-state index < -0.39 is 11.6 Å². The molecule has 0 bridgehead atoms. The Kier molecular flexibility index (Phi) is 2.38. The highest BCUT2D eigenvalue weighted by Crippen LogP contribution is 2.12. The maximum absolute atomic E-state index is 12.5. The second-order valence-electron chi connectivity index (χ2n) is 2.31. The van der Waals surface area contributed by atoms with Crippen LogP contribution in [0.15, 0.2) is 18.2 Å². The number of nitrogens with one attached hydrogen (secondary N) is 1. The second kappa shape index (κ2) is 3.30. The molecule has 0 saturated carbocycles. The first-order valence-electron chi connectivity index (χ1n) is 3.32. The average molecular weight is 171 g/mol. The van der Waals surface area contributed by atoms with Gasteiger partial charge in [-0.25, -0.2) is 8.78 Å². The lowest BCUT2D eigenvalue weighted by Crippen LogP contribution is -2.05. The summed E-state index contributed by atoms with van der Waals surface area (Å²) >= 11 is 0. The van der Waals surface area contributed by atoms with Crippen molar-refractivity contribution < 1.29 is 13.6 Å². The number of halogens is 2. The summed E-state index contributed by atoms with van der Waals surface area (Å²) in [4.78, 5) is 10.5. The van der Waals surface area contributed by atoms with Crippen LogP contribution < -0.4 is 5.32 Å². The van der Waals surface area contributed by atoms with Crippen molar-refractivity contribution in [3.8, 4) is 0 Å². The molecule has 0 saturated heterocycles. The Morgan fingerprint density at radius 3 is 2.50 bits per heavy atom. The van der Waals surface area contributed by atoms with Gasteiger partial charge in [0.05, 0.1) is 0 Å². The number of hydrogen-bond donors (Lipinski definition) is 1. The molecule has 0 radical (unpaired) electrons. The molecule has 0 aromatic heterocycles. The minimum atomic E-state index is -0.971. The molecular weight excluding hydrogens is 164 g/mol. The molecule has 0 unspecified atom stereocenters. The van der Waals surface area contributed by atoms with Crippen molar-refractivity contribution >= 4 is 11.6 Å². The maximum Gasteiger partial charge on any atom is 0.221 e. The molecule has 0 aliphatic carbocycles. The molecule has 1 aromatic rings. The second-order valence-corrected chi connectivity index (χ2v) is 2.31. The van der Waals surface area contributed by atoms with E-state index in [9.17, 15) is 13.6 Å². The van der Waals surface area contributed by atoms with Gasteiger partial charge in [0.1, 0.15) is 0 Å². The van der Waals surface area contributed by atoms with E-state index in [4.69, 9.17) is 0 Å². The van der Waals surface area contributed by atoms with Gasteiger partial charge in [0.25, 0.3) is 0 Å². The fourth-order valence-electron chi connectivity index (χ4n) is 0.777. The minimum absolute atomic E-state index is 0.251. The van der Waals surface area contributed by atoms with Crippen LogP contribution in [-0.4, -0.2) is 5.91 Å². The van der Waals surface area contributed by atoms with E-state index in [2.05, 4.69) is 5.32 Å². The number of carbonyl (C=O) groups excluding carboxylic acids is 1. The number of benzene rings is 1. The van der Waals surface area contributed by atoms with Gasteiger partial charge in [0.15, 0.2) is 11.6 Å². The van der Waals surface area contributed by atoms with Gasteiger partial charge < -0.3 is 5.32 Å². The Hall–Kier alpha value is -1.45. The highest BCUT2D eigenvalue weighted by Gasteiger charge is 2.02. The van der Waals surface area contributed by atoms with E-state index in [0.29, 0.717) is 0 Å². The van der Waals surface area contributed by atoms with Crippen molar-refractivity contribution in [1.82, 2.24) is 0 Å². The van der Waals surface area contributed by atoms with Crippen LogP contribution in [0.25, 0.3) is 0 Å². The first-order chi connectivity index (χ1) is 5.59. The van der Waals surface area contributed by atoms with Crippen LogP contribution in [0.5, 0.6) is 0 Å². The number of carbonyl (C=O) groups is 1. The lowest BCUT2D eigenvalue weighted by Gasteiger charge is -2.00. The van der Waals surface area contributed by atoms with Crippen LogP contribution in [0.3, 0.4) is 0 Å². The Morgan fingerprint density at radius 2 is 2.00 bits per heavy atom. The van der Waals surface area contributed by atoms with Gasteiger partial charge in [-0.3, -0.25) is 4.79 Å². The molecule has 64 valence electrons. The Labute approximate surface area is 68.2 Å². The third-order valence-corrected chi connectivity index (χ3v) is 1.24. The van der Waals surface area contributed by atoms with E-state index in [1.165, 1.54) is 13.0 Å². The van der Waals surface area contributed by atoms with Crippen LogP contribution in [0.2, 0.25) is 0 Å². The summed E-state index contributed by atoms with van der Waals surface area (Å²) in [5.41, 5.74) is 0.251.